The van der Waals surface area contributed by atoms with Gasteiger partial charge in [0.1, 0.15) is 5.82 Å². The molecule has 0 aliphatic carbocycles. The largest absolute Gasteiger partial charge is 0.206 e. The second-order valence-electron chi connectivity index (χ2n) is 5.64. The SMILES string of the molecule is Cc1cc(C)c(C(Cl)c2cc(C)c(F)c(C)c2)c(C)c1. The first-order chi connectivity index (χ1) is 9.31. The molecule has 0 aliphatic heterocycles. The minimum Gasteiger partial charge on any atom is -0.206 e. The first-order valence-electron chi connectivity index (χ1n) is 6.79. The number of rotatable bonds is 2. The third-order valence-corrected chi connectivity index (χ3v) is 4.21. The molecule has 0 aliphatic rings. The smallest absolute Gasteiger partial charge is 0.129 e. The van der Waals surface area contributed by atoms with Crippen molar-refractivity contribution in [1.29, 1.82) is 0 Å². The maximum atomic E-state index is 13.7. The second-order valence-corrected chi connectivity index (χ2v) is 6.08. The molecule has 2 rings (SSSR count). The highest BCUT2D eigenvalue weighted by Crippen LogP contribution is 2.35. The van der Waals surface area contributed by atoms with Crippen molar-refractivity contribution in [3.8, 4) is 0 Å². The fourth-order valence-electron chi connectivity index (χ4n) is 2.88. The van der Waals surface area contributed by atoms with Gasteiger partial charge in [0.15, 0.2) is 0 Å². The van der Waals surface area contributed by atoms with Gasteiger partial charge in [-0.05, 0) is 68.0 Å². The van der Waals surface area contributed by atoms with Crippen LogP contribution in [0.15, 0.2) is 24.3 Å². The third-order valence-electron chi connectivity index (χ3n) is 3.74. The molecule has 0 fully saturated rings. The molecule has 0 bridgehead atoms. The number of hydrogen-bond donors (Lipinski definition) is 0. The van der Waals surface area contributed by atoms with Crippen LogP contribution in [-0.4, -0.2) is 0 Å². The van der Waals surface area contributed by atoms with Crippen molar-refractivity contribution in [3.05, 3.63) is 69.0 Å². The molecule has 2 aromatic carbocycles. The molecule has 106 valence electrons. The standard InChI is InChI=1S/C18H20ClF/c1-10-6-11(2)16(12(3)7-10)17(19)15-8-13(4)18(20)14(5)9-15/h6-9,17H,1-5H3. The maximum absolute atomic E-state index is 13.7. The number of halogens is 2. The molecule has 1 unspecified atom stereocenters. The van der Waals surface area contributed by atoms with E-state index in [0.717, 1.165) is 11.1 Å². The topological polar surface area (TPSA) is 0 Å². The quantitative estimate of drug-likeness (QED) is 0.623. The van der Waals surface area contributed by atoms with Gasteiger partial charge in [0, 0.05) is 0 Å². The van der Waals surface area contributed by atoms with Gasteiger partial charge in [-0.15, -0.1) is 11.6 Å². The van der Waals surface area contributed by atoms with Crippen molar-refractivity contribution < 1.29 is 4.39 Å². The summed E-state index contributed by atoms with van der Waals surface area (Å²) in [7, 11) is 0. The van der Waals surface area contributed by atoms with Crippen LogP contribution in [0.5, 0.6) is 0 Å². The molecule has 2 aromatic rings. The van der Waals surface area contributed by atoms with Crippen LogP contribution >= 0.6 is 11.6 Å². The zero-order valence-corrected chi connectivity index (χ0v) is 13.4. The molecule has 0 radical (unpaired) electrons. The fraction of sp³-hybridized carbons (Fsp3) is 0.333. The lowest BCUT2D eigenvalue weighted by molar-refractivity contribution is 0.608. The van der Waals surface area contributed by atoms with E-state index in [-0.39, 0.29) is 11.2 Å². The maximum Gasteiger partial charge on any atom is 0.129 e. The molecule has 0 N–H and O–H groups in total. The lowest BCUT2D eigenvalue weighted by atomic mass is 9.92. The lowest BCUT2D eigenvalue weighted by Gasteiger charge is -2.18. The average Bonchev–Trinajstić information content (AvgIpc) is 2.33. The Morgan fingerprint density at radius 1 is 0.800 bits per heavy atom. The van der Waals surface area contributed by atoms with Gasteiger partial charge in [0.05, 0.1) is 5.38 Å². The van der Waals surface area contributed by atoms with Gasteiger partial charge in [-0.1, -0.05) is 29.8 Å². The zero-order chi connectivity index (χ0) is 15.0. The minimum atomic E-state index is -0.242. The van der Waals surface area contributed by atoms with Crippen LogP contribution in [0.3, 0.4) is 0 Å². The number of benzene rings is 2. The molecule has 0 saturated carbocycles. The Bertz CT molecular complexity index is 612. The number of aryl methyl sites for hydroxylation is 5. The van der Waals surface area contributed by atoms with E-state index in [0.29, 0.717) is 11.1 Å². The van der Waals surface area contributed by atoms with Crippen molar-refractivity contribution in [3.63, 3.8) is 0 Å². The van der Waals surface area contributed by atoms with Crippen LogP contribution in [0.1, 0.15) is 44.3 Å². The second kappa shape index (κ2) is 5.57. The van der Waals surface area contributed by atoms with E-state index in [2.05, 4.69) is 32.9 Å². The Morgan fingerprint density at radius 2 is 1.25 bits per heavy atom. The van der Waals surface area contributed by atoms with Crippen LogP contribution in [0, 0.1) is 40.4 Å². The van der Waals surface area contributed by atoms with Gasteiger partial charge in [-0.3, -0.25) is 0 Å². The summed E-state index contributed by atoms with van der Waals surface area (Å²) in [5.41, 5.74) is 6.98. The molecule has 1 atom stereocenters. The third kappa shape index (κ3) is 2.73. The van der Waals surface area contributed by atoms with Crippen molar-refractivity contribution in [2.75, 3.05) is 0 Å². The molecule has 0 nitrogen and oxygen atoms in total. The highest BCUT2D eigenvalue weighted by molar-refractivity contribution is 6.22. The van der Waals surface area contributed by atoms with E-state index in [1.807, 2.05) is 12.1 Å². The van der Waals surface area contributed by atoms with Crippen LogP contribution in [0.25, 0.3) is 0 Å². The van der Waals surface area contributed by atoms with Crippen molar-refractivity contribution in [1.82, 2.24) is 0 Å². The Balaban J connectivity index is 2.55. The Labute approximate surface area is 125 Å². The van der Waals surface area contributed by atoms with E-state index in [9.17, 15) is 4.39 Å². The van der Waals surface area contributed by atoms with E-state index in [1.54, 1.807) is 13.8 Å². The van der Waals surface area contributed by atoms with Gasteiger partial charge < -0.3 is 0 Å². The molecular weight excluding hydrogens is 271 g/mol. The lowest BCUT2D eigenvalue weighted by Crippen LogP contribution is -2.02. The average molecular weight is 291 g/mol. The van der Waals surface area contributed by atoms with E-state index in [1.165, 1.54) is 16.7 Å². The van der Waals surface area contributed by atoms with Crippen molar-refractivity contribution in [2.45, 2.75) is 40.0 Å². The van der Waals surface area contributed by atoms with Crippen molar-refractivity contribution in [2.24, 2.45) is 0 Å². The van der Waals surface area contributed by atoms with Gasteiger partial charge in [0.25, 0.3) is 0 Å². The zero-order valence-electron chi connectivity index (χ0n) is 12.6. The summed E-state index contributed by atoms with van der Waals surface area (Å²) in [4.78, 5) is 0. The number of hydrogen-bond acceptors (Lipinski definition) is 0. The normalized spacial score (nSPS) is 12.6. The molecule has 0 saturated heterocycles. The van der Waals surface area contributed by atoms with E-state index >= 15 is 0 Å². The molecule has 0 amide bonds. The van der Waals surface area contributed by atoms with Gasteiger partial charge >= 0.3 is 0 Å². The Morgan fingerprint density at radius 3 is 1.70 bits per heavy atom. The predicted molar refractivity (Wildman–Crippen MR) is 84.2 cm³/mol. The summed E-state index contributed by atoms with van der Waals surface area (Å²) in [6.07, 6.45) is 0. The van der Waals surface area contributed by atoms with Crippen LogP contribution < -0.4 is 0 Å². The van der Waals surface area contributed by atoms with Crippen molar-refractivity contribution >= 4 is 11.6 Å². The van der Waals surface area contributed by atoms with Gasteiger partial charge in [-0.25, -0.2) is 4.39 Å². The molecule has 0 aromatic heterocycles. The summed E-state index contributed by atoms with van der Waals surface area (Å²) < 4.78 is 13.7. The summed E-state index contributed by atoms with van der Waals surface area (Å²) >= 11 is 6.67. The molecular formula is C18H20ClF. The van der Waals surface area contributed by atoms with Gasteiger partial charge in [0.2, 0.25) is 0 Å². The molecule has 0 spiro atoms. The summed E-state index contributed by atoms with van der Waals surface area (Å²) in [6, 6.07) is 7.97. The first kappa shape index (κ1) is 15.1. The summed E-state index contributed by atoms with van der Waals surface area (Å²) in [6.45, 7) is 9.80. The monoisotopic (exact) mass is 290 g/mol. The summed E-state index contributed by atoms with van der Waals surface area (Å²) in [5.74, 6) is -0.144. The molecule has 20 heavy (non-hydrogen) atoms. The highest BCUT2D eigenvalue weighted by atomic mass is 35.5. The van der Waals surface area contributed by atoms with Crippen LogP contribution in [-0.2, 0) is 0 Å². The number of alkyl halides is 1. The van der Waals surface area contributed by atoms with Crippen LogP contribution in [0.2, 0.25) is 0 Å². The Kier molecular flexibility index (Phi) is 4.19. The minimum absolute atomic E-state index is 0.144. The predicted octanol–water partition coefficient (Wildman–Crippen LogP) is 5.70. The summed E-state index contributed by atoms with van der Waals surface area (Å²) in [5, 5.41) is -0.242. The van der Waals surface area contributed by atoms with Gasteiger partial charge in [-0.2, -0.15) is 0 Å². The molecule has 2 heteroatoms. The fourth-order valence-corrected chi connectivity index (χ4v) is 3.35. The highest BCUT2D eigenvalue weighted by Gasteiger charge is 2.18. The molecule has 0 heterocycles. The van der Waals surface area contributed by atoms with Crippen LogP contribution in [0.4, 0.5) is 4.39 Å². The first-order valence-corrected chi connectivity index (χ1v) is 7.23. The van der Waals surface area contributed by atoms with E-state index in [4.69, 9.17) is 11.6 Å². The Hall–Kier alpha value is -1.34. The van der Waals surface area contributed by atoms with E-state index < -0.39 is 0 Å².